The van der Waals surface area contributed by atoms with Crippen LogP contribution in [0.1, 0.15) is 45.0 Å². The van der Waals surface area contributed by atoms with Crippen LogP contribution in [0.3, 0.4) is 0 Å². The largest absolute Gasteiger partial charge is 0.368 e. The first-order chi connectivity index (χ1) is 15.5. The molecule has 0 amide bonds. The Morgan fingerprint density at radius 1 is 1.12 bits per heavy atom. The number of ether oxygens (including phenoxy) is 1. The lowest BCUT2D eigenvalue weighted by molar-refractivity contribution is -0.0366. The minimum absolute atomic E-state index is 0.0451. The first kappa shape index (κ1) is 20.3. The molecule has 0 radical (unpaired) electrons. The summed E-state index contributed by atoms with van der Waals surface area (Å²) in [4.78, 5) is 17.8. The van der Waals surface area contributed by atoms with Crippen LogP contribution in [0.5, 0.6) is 0 Å². The number of fused-ring (bicyclic) bond motifs is 1. The highest BCUT2D eigenvalue weighted by Gasteiger charge is 2.24. The number of nitrogens with two attached hydrogens (primary N) is 1. The molecule has 0 saturated carbocycles. The van der Waals surface area contributed by atoms with E-state index in [9.17, 15) is 0 Å². The van der Waals surface area contributed by atoms with E-state index in [4.69, 9.17) is 10.5 Å². The molecule has 5 rings (SSSR count). The molecule has 0 bridgehead atoms. The highest BCUT2D eigenvalue weighted by atomic mass is 16.5. The fourth-order valence-electron chi connectivity index (χ4n) is 3.98. The van der Waals surface area contributed by atoms with E-state index >= 15 is 0 Å². The molecule has 9 nitrogen and oxygen atoms in total. The molecule has 1 aliphatic heterocycles. The zero-order valence-corrected chi connectivity index (χ0v) is 18.2. The van der Waals surface area contributed by atoms with Crippen molar-refractivity contribution in [3.05, 3.63) is 54.5 Å². The number of nitrogens with zero attached hydrogens (tertiary/aromatic N) is 6. The van der Waals surface area contributed by atoms with Crippen LogP contribution in [0.2, 0.25) is 0 Å². The molecular weight excluding hydrogens is 404 g/mol. The standard InChI is InChI=1S/C23H26N8O/c1-23(2,18-7-3-5-11-25-18)30-22-28-20(27-21(24)29-22)15-9-10-16-14-26-31(17(16)13-15)19-8-4-6-12-32-19/h3,5,7,9-11,13-14,19H,4,6,8,12H2,1-2H3,(H3,24,27,28,29,30). The van der Waals surface area contributed by atoms with E-state index in [1.807, 2.05) is 61.1 Å². The van der Waals surface area contributed by atoms with Gasteiger partial charge < -0.3 is 15.8 Å². The molecule has 3 N–H and O–H groups in total. The fraction of sp³-hybridized carbons (Fsp3) is 0.348. The minimum atomic E-state index is -0.493. The average Bonchev–Trinajstić information content (AvgIpc) is 3.23. The maximum absolute atomic E-state index is 6.04. The van der Waals surface area contributed by atoms with Crippen LogP contribution in [0, 0.1) is 0 Å². The Morgan fingerprint density at radius 3 is 2.81 bits per heavy atom. The summed E-state index contributed by atoms with van der Waals surface area (Å²) in [6.07, 6.45) is 6.76. The third-order valence-electron chi connectivity index (χ3n) is 5.67. The van der Waals surface area contributed by atoms with E-state index in [-0.39, 0.29) is 12.2 Å². The van der Waals surface area contributed by atoms with Crippen LogP contribution >= 0.6 is 0 Å². The molecule has 1 fully saturated rings. The quantitative estimate of drug-likeness (QED) is 0.489. The van der Waals surface area contributed by atoms with E-state index in [2.05, 4.69) is 30.4 Å². The highest BCUT2D eigenvalue weighted by molar-refractivity contribution is 5.83. The summed E-state index contributed by atoms with van der Waals surface area (Å²) in [5.41, 5.74) is 8.24. The van der Waals surface area contributed by atoms with Gasteiger partial charge in [-0.2, -0.15) is 20.1 Å². The summed E-state index contributed by atoms with van der Waals surface area (Å²) in [6.45, 7) is 4.80. The predicted molar refractivity (Wildman–Crippen MR) is 123 cm³/mol. The van der Waals surface area contributed by atoms with Gasteiger partial charge >= 0.3 is 0 Å². The molecule has 32 heavy (non-hydrogen) atoms. The van der Waals surface area contributed by atoms with Crippen molar-refractivity contribution in [3.63, 3.8) is 0 Å². The summed E-state index contributed by atoms with van der Waals surface area (Å²) in [5.74, 6) is 1.04. The van der Waals surface area contributed by atoms with Gasteiger partial charge in [-0.3, -0.25) is 4.98 Å². The van der Waals surface area contributed by atoms with Crippen molar-refractivity contribution in [2.24, 2.45) is 0 Å². The van der Waals surface area contributed by atoms with Gasteiger partial charge in [0.15, 0.2) is 12.1 Å². The predicted octanol–water partition coefficient (Wildman–Crippen LogP) is 3.91. The summed E-state index contributed by atoms with van der Waals surface area (Å²) < 4.78 is 7.88. The topological polar surface area (TPSA) is 117 Å². The number of benzene rings is 1. The van der Waals surface area contributed by atoms with E-state index in [1.54, 1.807) is 6.20 Å². The molecule has 1 saturated heterocycles. The van der Waals surface area contributed by atoms with Crippen LogP contribution in [-0.2, 0) is 10.3 Å². The van der Waals surface area contributed by atoms with Crippen molar-refractivity contribution in [2.45, 2.75) is 44.9 Å². The lowest BCUT2D eigenvalue weighted by atomic mass is 10.0. The van der Waals surface area contributed by atoms with Gasteiger partial charge in [0.05, 0.1) is 22.9 Å². The number of anilines is 2. The number of pyridine rings is 1. The SMILES string of the molecule is CC(C)(Nc1nc(N)nc(-c2ccc3cnn(C4CCCCO4)c3c2)n1)c1ccccn1. The molecule has 1 atom stereocenters. The number of hydrogen-bond acceptors (Lipinski definition) is 8. The molecule has 164 valence electrons. The molecule has 9 heteroatoms. The zero-order valence-electron chi connectivity index (χ0n) is 18.2. The second kappa shape index (κ2) is 8.16. The Bertz CT molecular complexity index is 1230. The van der Waals surface area contributed by atoms with Crippen LogP contribution in [0.15, 0.2) is 48.8 Å². The fourth-order valence-corrected chi connectivity index (χ4v) is 3.98. The Kier molecular flexibility index (Phi) is 5.18. The number of hydrogen-bond donors (Lipinski definition) is 2. The Balaban J connectivity index is 1.49. The number of nitrogens with one attached hydrogen (secondary N) is 1. The van der Waals surface area contributed by atoms with Gasteiger partial charge in [-0.15, -0.1) is 0 Å². The van der Waals surface area contributed by atoms with Gasteiger partial charge in [-0.25, -0.2) is 4.68 Å². The first-order valence-electron chi connectivity index (χ1n) is 10.8. The van der Waals surface area contributed by atoms with Crippen LogP contribution in [-0.4, -0.2) is 36.3 Å². The molecule has 1 aromatic carbocycles. The number of aromatic nitrogens is 6. The van der Waals surface area contributed by atoms with E-state index < -0.39 is 5.54 Å². The van der Waals surface area contributed by atoms with Gasteiger partial charge in [0.2, 0.25) is 11.9 Å². The van der Waals surface area contributed by atoms with Gasteiger partial charge in [-0.1, -0.05) is 18.2 Å². The average molecular weight is 431 g/mol. The van der Waals surface area contributed by atoms with Crippen molar-refractivity contribution < 1.29 is 4.74 Å². The second-order valence-corrected chi connectivity index (χ2v) is 8.49. The van der Waals surface area contributed by atoms with Crippen molar-refractivity contribution in [1.29, 1.82) is 0 Å². The molecule has 4 aromatic rings. The molecule has 0 aliphatic carbocycles. The monoisotopic (exact) mass is 430 g/mol. The van der Waals surface area contributed by atoms with Crippen LogP contribution < -0.4 is 11.1 Å². The molecule has 4 heterocycles. The molecule has 3 aromatic heterocycles. The molecular formula is C23H26N8O. The normalized spacial score (nSPS) is 16.9. The van der Waals surface area contributed by atoms with Crippen molar-refractivity contribution in [2.75, 3.05) is 17.7 Å². The first-order valence-corrected chi connectivity index (χ1v) is 10.8. The Morgan fingerprint density at radius 2 is 2.03 bits per heavy atom. The summed E-state index contributed by atoms with van der Waals surface area (Å²) in [5, 5.41) is 8.95. The van der Waals surface area contributed by atoms with Gasteiger partial charge in [0.1, 0.15) is 0 Å². The summed E-state index contributed by atoms with van der Waals surface area (Å²) >= 11 is 0. The summed E-state index contributed by atoms with van der Waals surface area (Å²) in [7, 11) is 0. The minimum Gasteiger partial charge on any atom is -0.368 e. The van der Waals surface area contributed by atoms with E-state index in [0.29, 0.717) is 11.8 Å². The van der Waals surface area contributed by atoms with Crippen molar-refractivity contribution in [1.82, 2.24) is 29.7 Å². The summed E-state index contributed by atoms with van der Waals surface area (Å²) in [6, 6.07) is 11.8. The maximum Gasteiger partial charge on any atom is 0.228 e. The van der Waals surface area contributed by atoms with E-state index in [1.165, 1.54) is 0 Å². The highest BCUT2D eigenvalue weighted by Crippen LogP contribution is 2.29. The molecule has 1 aliphatic rings. The lowest BCUT2D eigenvalue weighted by Gasteiger charge is -2.25. The molecule has 1 unspecified atom stereocenters. The smallest absolute Gasteiger partial charge is 0.228 e. The lowest BCUT2D eigenvalue weighted by Crippen LogP contribution is -2.30. The number of rotatable bonds is 5. The third-order valence-corrected chi connectivity index (χ3v) is 5.67. The Hall–Kier alpha value is -3.59. The van der Waals surface area contributed by atoms with E-state index in [0.717, 1.165) is 48.0 Å². The third kappa shape index (κ3) is 3.99. The van der Waals surface area contributed by atoms with Crippen LogP contribution in [0.4, 0.5) is 11.9 Å². The van der Waals surface area contributed by atoms with Gasteiger partial charge in [-0.05, 0) is 51.3 Å². The zero-order chi connectivity index (χ0) is 22.1. The second-order valence-electron chi connectivity index (χ2n) is 8.49. The van der Waals surface area contributed by atoms with Crippen molar-refractivity contribution in [3.8, 4) is 11.4 Å². The number of nitrogen functional groups attached to an aromatic ring is 1. The molecule has 0 spiro atoms. The van der Waals surface area contributed by atoms with Crippen molar-refractivity contribution >= 4 is 22.8 Å². The van der Waals surface area contributed by atoms with Gasteiger partial charge in [0, 0.05) is 23.8 Å². The van der Waals surface area contributed by atoms with Gasteiger partial charge in [0.25, 0.3) is 0 Å². The maximum atomic E-state index is 6.04. The Labute approximate surface area is 186 Å². The van der Waals surface area contributed by atoms with Crippen LogP contribution in [0.25, 0.3) is 22.3 Å².